The highest BCUT2D eigenvalue weighted by atomic mass is 32.1. The predicted molar refractivity (Wildman–Crippen MR) is 137 cm³/mol. The van der Waals surface area contributed by atoms with Crippen molar-refractivity contribution < 1.29 is 4.79 Å². The fourth-order valence-electron chi connectivity index (χ4n) is 4.85. The summed E-state index contributed by atoms with van der Waals surface area (Å²) in [5.74, 6) is 1.39. The molecule has 32 heavy (non-hydrogen) atoms. The van der Waals surface area contributed by atoms with Gasteiger partial charge in [0, 0.05) is 25.4 Å². The van der Waals surface area contributed by atoms with Crippen molar-refractivity contribution in [3.05, 3.63) is 40.9 Å². The van der Waals surface area contributed by atoms with E-state index in [1.165, 1.54) is 47.9 Å². The monoisotopic (exact) mass is 455 g/mol. The number of thiazole rings is 1. The van der Waals surface area contributed by atoms with Crippen LogP contribution in [0, 0.1) is 5.92 Å². The summed E-state index contributed by atoms with van der Waals surface area (Å²) >= 11 is 1.72. The maximum Gasteiger partial charge on any atom is 0.220 e. The first-order valence-electron chi connectivity index (χ1n) is 12.3. The largest absolute Gasteiger partial charge is 0.353 e. The number of rotatable bonds is 11. The predicted octanol–water partition coefficient (Wildman–Crippen LogP) is 6.32. The number of hydrogen-bond acceptors (Lipinski definition) is 4. The summed E-state index contributed by atoms with van der Waals surface area (Å²) in [6, 6.07) is 6.72. The number of amides is 1. The Labute approximate surface area is 198 Å². The number of benzene rings is 1. The van der Waals surface area contributed by atoms with E-state index in [2.05, 4.69) is 62.9 Å². The number of aryl methyl sites for hydroxylation is 1. The van der Waals surface area contributed by atoms with E-state index in [4.69, 9.17) is 4.98 Å². The Morgan fingerprint density at radius 2 is 2.00 bits per heavy atom. The molecule has 1 fully saturated rings. The molecular weight excluding hydrogens is 414 g/mol. The first-order valence-corrected chi connectivity index (χ1v) is 13.1. The average molecular weight is 456 g/mol. The molecule has 0 spiro atoms. The number of likely N-dealkylation sites (N-methyl/N-ethyl adjacent to an activating group) is 1. The van der Waals surface area contributed by atoms with Gasteiger partial charge in [0.1, 0.15) is 0 Å². The maximum absolute atomic E-state index is 12.9. The molecular formula is C27H41N3OS. The van der Waals surface area contributed by atoms with Crippen LogP contribution in [0.15, 0.2) is 30.4 Å². The minimum Gasteiger partial charge on any atom is -0.353 e. The summed E-state index contributed by atoms with van der Waals surface area (Å²) in [4.78, 5) is 19.8. The zero-order valence-corrected chi connectivity index (χ0v) is 21.3. The second-order valence-electron chi connectivity index (χ2n) is 10.2. The van der Waals surface area contributed by atoms with Crippen molar-refractivity contribution in [2.75, 3.05) is 20.6 Å². The van der Waals surface area contributed by atoms with Gasteiger partial charge in [-0.25, -0.2) is 4.98 Å². The van der Waals surface area contributed by atoms with Gasteiger partial charge < -0.3 is 10.2 Å². The molecule has 1 heterocycles. The lowest BCUT2D eigenvalue weighted by Gasteiger charge is -2.28. The van der Waals surface area contributed by atoms with Gasteiger partial charge in [-0.3, -0.25) is 4.79 Å². The van der Waals surface area contributed by atoms with Crippen LogP contribution in [0.2, 0.25) is 0 Å². The molecule has 1 aromatic heterocycles. The summed E-state index contributed by atoms with van der Waals surface area (Å²) in [5.41, 5.74) is 3.59. The average Bonchev–Trinajstić information content (AvgIpc) is 3.14. The Kier molecular flexibility index (Phi) is 9.30. The van der Waals surface area contributed by atoms with Gasteiger partial charge in [-0.05, 0) is 56.5 Å². The van der Waals surface area contributed by atoms with Crippen LogP contribution in [0.25, 0.3) is 10.2 Å². The highest BCUT2D eigenvalue weighted by Crippen LogP contribution is 2.29. The van der Waals surface area contributed by atoms with Crippen LogP contribution in [-0.4, -0.2) is 42.5 Å². The highest BCUT2D eigenvalue weighted by molar-refractivity contribution is 7.18. The topological polar surface area (TPSA) is 45.2 Å². The number of carbonyl (C=O) groups excluding carboxylic acids is 1. The van der Waals surface area contributed by atoms with E-state index in [-0.39, 0.29) is 11.9 Å². The number of aromatic nitrogens is 1. The summed E-state index contributed by atoms with van der Waals surface area (Å²) in [5, 5.41) is 4.41. The third-order valence-corrected chi connectivity index (χ3v) is 7.55. The molecule has 1 aliphatic carbocycles. The van der Waals surface area contributed by atoms with Crippen LogP contribution < -0.4 is 5.32 Å². The van der Waals surface area contributed by atoms with Crippen molar-refractivity contribution in [1.82, 2.24) is 15.2 Å². The molecule has 1 atom stereocenters. The summed E-state index contributed by atoms with van der Waals surface area (Å²) in [7, 11) is 4.14. The molecule has 0 saturated heterocycles. The highest BCUT2D eigenvalue weighted by Gasteiger charge is 2.21. The first-order chi connectivity index (χ1) is 15.3. The van der Waals surface area contributed by atoms with E-state index >= 15 is 0 Å². The second kappa shape index (κ2) is 11.9. The molecule has 1 N–H and O–H groups in total. The van der Waals surface area contributed by atoms with Crippen LogP contribution in [0.5, 0.6) is 0 Å². The lowest BCUT2D eigenvalue weighted by atomic mass is 9.83. The van der Waals surface area contributed by atoms with Gasteiger partial charge in [0.2, 0.25) is 5.91 Å². The first kappa shape index (κ1) is 24.9. The number of carbonyl (C=O) groups is 1. The second-order valence-corrected chi connectivity index (χ2v) is 11.3. The lowest BCUT2D eigenvalue weighted by molar-refractivity contribution is -0.121. The van der Waals surface area contributed by atoms with E-state index in [9.17, 15) is 4.79 Å². The van der Waals surface area contributed by atoms with Crippen LogP contribution in [0.3, 0.4) is 0 Å². The molecule has 2 aromatic rings. The molecule has 4 nitrogen and oxygen atoms in total. The van der Waals surface area contributed by atoms with Crippen LogP contribution in [0.4, 0.5) is 0 Å². The van der Waals surface area contributed by atoms with E-state index < -0.39 is 0 Å². The molecule has 0 bridgehead atoms. The smallest absolute Gasteiger partial charge is 0.220 e. The summed E-state index contributed by atoms with van der Waals surface area (Å²) in [6.45, 7) is 9.57. The Morgan fingerprint density at radius 3 is 2.69 bits per heavy atom. The van der Waals surface area contributed by atoms with Crippen molar-refractivity contribution in [2.24, 2.45) is 5.92 Å². The molecule has 5 heteroatoms. The van der Waals surface area contributed by atoms with Crippen molar-refractivity contribution in [1.29, 1.82) is 0 Å². The van der Waals surface area contributed by atoms with E-state index in [1.54, 1.807) is 11.3 Å². The SMILES string of the molecule is C=C(CC(CC1CCCCC1)NC(=O)CCc1nc2ccc(C(C)C)cc2s1)CN(C)C. The summed E-state index contributed by atoms with van der Waals surface area (Å²) < 4.78 is 1.22. The van der Waals surface area contributed by atoms with E-state index in [0.717, 1.165) is 35.8 Å². The zero-order valence-electron chi connectivity index (χ0n) is 20.5. The minimum absolute atomic E-state index is 0.144. The molecule has 3 rings (SSSR count). The molecule has 1 saturated carbocycles. The van der Waals surface area contributed by atoms with Crippen molar-refractivity contribution in [2.45, 2.75) is 83.6 Å². The third-order valence-electron chi connectivity index (χ3n) is 6.47. The lowest BCUT2D eigenvalue weighted by Crippen LogP contribution is -2.37. The van der Waals surface area contributed by atoms with Gasteiger partial charge in [0.25, 0.3) is 0 Å². The normalized spacial score (nSPS) is 16.1. The Bertz CT molecular complexity index is 895. The van der Waals surface area contributed by atoms with Gasteiger partial charge in [-0.1, -0.05) is 64.2 Å². The van der Waals surface area contributed by atoms with E-state index in [1.807, 2.05) is 0 Å². The molecule has 176 valence electrons. The van der Waals surface area contributed by atoms with Gasteiger partial charge in [0.15, 0.2) is 0 Å². The molecule has 1 unspecified atom stereocenters. The standard InChI is InChI=1S/C27H41N3OS/c1-19(2)22-11-12-24-25(17-22)32-27(29-24)14-13-26(31)28-23(15-20(3)18-30(4)5)16-21-9-7-6-8-10-21/h11-12,17,19,21,23H,3,6-10,13-16,18H2,1-2,4-5H3,(H,28,31). The van der Waals surface area contributed by atoms with Crippen LogP contribution >= 0.6 is 11.3 Å². The van der Waals surface area contributed by atoms with Gasteiger partial charge in [-0.15, -0.1) is 11.3 Å². The molecule has 0 radical (unpaired) electrons. The number of nitrogens with one attached hydrogen (secondary N) is 1. The van der Waals surface area contributed by atoms with Crippen LogP contribution in [0.1, 0.15) is 81.7 Å². The van der Waals surface area contributed by atoms with E-state index in [0.29, 0.717) is 18.8 Å². The van der Waals surface area contributed by atoms with Gasteiger partial charge >= 0.3 is 0 Å². The quantitative estimate of drug-likeness (QED) is 0.404. The molecule has 1 aromatic carbocycles. The number of hydrogen-bond donors (Lipinski definition) is 1. The molecule has 0 aliphatic heterocycles. The minimum atomic E-state index is 0.144. The maximum atomic E-state index is 12.9. The third kappa shape index (κ3) is 7.70. The fraction of sp³-hybridized carbons (Fsp3) is 0.630. The Morgan fingerprint density at radius 1 is 1.25 bits per heavy atom. The Hall–Kier alpha value is -1.72. The fourth-order valence-corrected chi connectivity index (χ4v) is 5.87. The van der Waals surface area contributed by atoms with Crippen molar-refractivity contribution in [3.63, 3.8) is 0 Å². The van der Waals surface area contributed by atoms with Crippen LogP contribution in [-0.2, 0) is 11.2 Å². The van der Waals surface area contributed by atoms with Crippen molar-refractivity contribution in [3.8, 4) is 0 Å². The Balaban J connectivity index is 1.57. The molecule has 1 aliphatic rings. The number of fused-ring (bicyclic) bond motifs is 1. The molecule has 1 amide bonds. The zero-order chi connectivity index (χ0) is 23.1. The van der Waals surface area contributed by atoms with Crippen molar-refractivity contribution >= 4 is 27.5 Å². The number of nitrogens with zero attached hydrogens (tertiary/aromatic N) is 2. The van der Waals surface area contributed by atoms with Gasteiger partial charge in [0.05, 0.1) is 15.2 Å². The van der Waals surface area contributed by atoms with Gasteiger partial charge in [-0.2, -0.15) is 0 Å². The summed E-state index contributed by atoms with van der Waals surface area (Å²) in [6.07, 6.45) is 9.79.